The lowest BCUT2D eigenvalue weighted by Crippen LogP contribution is -2.47. The molecule has 0 spiro atoms. The highest BCUT2D eigenvalue weighted by atomic mass is 16.3. The van der Waals surface area contributed by atoms with Gasteiger partial charge in [-0.1, -0.05) is 49.6 Å². The molecule has 0 radical (unpaired) electrons. The summed E-state index contributed by atoms with van der Waals surface area (Å²) in [7, 11) is 0. The zero-order valence-corrected chi connectivity index (χ0v) is 19.2. The molecule has 3 aromatic rings. The third-order valence-corrected chi connectivity index (χ3v) is 5.99. The Morgan fingerprint density at radius 3 is 2.24 bits per heavy atom. The van der Waals surface area contributed by atoms with Crippen LogP contribution in [-0.4, -0.2) is 23.8 Å². The van der Waals surface area contributed by atoms with E-state index in [4.69, 9.17) is 4.42 Å². The van der Waals surface area contributed by atoms with Gasteiger partial charge in [-0.25, -0.2) is 0 Å². The number of hydrogen-bond donors (Lipinski definition) is 2. The first-order chi connectivity index (χ1) is 16.5. The Morgan fingerprint density at radius 1 is 0.912 bits per heavy atom. The molecule has 2 N–H and O–H groups in total. The minimum Gasteiger partial charge on any atom is -0.459 e. The molecule has 1 saturated carbocycles. The van der Waals surface area contributed by atoms with Gasteiger partial charge in [-0.05, 0) is 54.8 Å². The van der Waals surface area contributed by atoms with E-state index in [-0.39, 0.29) is 23.6 Å². The van der Waals surface area contributed by atoms with Gasteiger partial charge in [0.1, 0.15) is 6.04 Å². The lowest BCUT2D eigenvalue weighted by Gasteiger charge is -2.33. The van der Waals surface area contributed by atoms with Crippen LogP contribution in [0.25, 0.3) is 0 Å². The molecule has 34 heavy (non-hydrogen) atoms. The Balaban J connectivity index is 1.74. The molecule has 1 atom stereocenters. The van der Waals surface area contributed by atoms with Gasteiger partial charge in [-0.15, -0.1) is 0 Å². The molecule has 7 heteroatoms. The zero-order chi connectivity index (χ0) is 23.9. The van der Waals surface area contributed by atoms with Gasteiger partial charge in [0.2, 0.25) is 11.8 Å². The van der Waals surface area contributed by atoms with Crippen molar-refractivity contribution in [3.05, 3.63) is 84.3 Å². The fourth-order valence-electron chi connectivity index (χ4n) is 4.39. The predicted molar refractivity (Wildman–Crippen MR) is 130 cm³/mol. The van der Waals surface area contributed by atoms with Gasteiger partial charge in [0.15, 0.2) is 5.76 Å². The minimum atomic E-state index is -0.896. The first-order valence-corrected chi connectivity index (χ1v) is 11.6. The largest absolute Gasteiger partial charge is 0.459 e. The van der Waals surface area contributed by atoms with Crippen molar-refractivity contribution in [3.63, 3.8) is 0 Å². The first kappa shape index (κ1) is 23.3. The minimum absolute atomic E-state index is 0.0927. The number of rotatable bonds is 7. The molecule has 7 nitrogen and oxygen atoms in total. The van der Waals surface area contributed by atoms with Crippen LogP contribution in [0.5, 0.6) is 0 Å². The van der Waals surface area contributed by atoms with E-state index in [2.05, 4.69) is 10.6 Å². The number of furan rings is 1. The molecule has 1 fully saturated rings. The smallest absolute Gasteiger partial charge is 0.294 e. The summed E-state index contributed by atoms with van der Waals surface area (Å²) in [6, 6.07) is 18.6. The number of nitrogens with zero attached hydrogens (tertiary/aromatic N) is 1. The number of anilines is 2. The summed E-state index contributed by atoms with van der Waals surface area (Å²) in [5.74, 6) is -0.712. The van der Waals surface area contributed by atoms with E-state index >= 15 is 0 Å². The number of nitrogens with one attached hydrogen (secondary N) is 2. The quantitative estimate of drug-likeness (QED) is 0.516. The molecule has 1 aliphatic carbocycles. The Labute approximate surface area is 199 Å². The molecule has 2 aromatic carbocycles. The van der Waals surface area contributed by atoms with Gasteiger partial charge in [-0.2, -0.15) is 0 Å². The van der Waals surface area contributed by atoms with E-state index in [0.29, 0.717) is 16.9 Å². The van der Waals surface area contributed by atoms with Gasteiger partial charge in [0.25, 0.3) is 5.91 Å². The average Bonchev–Trinajstić information content (AvgIpc) is 3.39. The van der Waals surface area contributed by atoms with E-state index in [1.165, 1.54) is 24.5 Å². The summed E-state index contributed by atoms with van der Waals surface area (Å²) in [5, 5.41) is 5.91. The van der Waals surface area contributed by atoms with Crippen molar-refractivity contribution >= 4 is 29.1 Å². The standard InChI is InChI=1S/C27H29N3O4/c1-19(31)28-22-14-16-23(17-15-22)30(27(33)24-13-8-18-34-24)25(20-9-4-2-5-10-20)26(32)29-21-11-6-3-7-12-21/h2,4-5,8-10,13-18,21,25H,3,6-7,11-12H2,1H3,(H,28,31)(H,29,32)/t25-/m1/s1. The summed E-state index contributed by atoms with van der Waals surface area (Å²) in [6.07, 6.45) is 6.65. The summed E-state index contributed by atoms with van der Waals surface area (Å²) in [6.45, 7) is 1.43. The van der Waals surface area contributed by atoms with Gasteiger partial charge in [0.05, 0.1) is 6.26 Å². The van der Waals surface area contributed by atoms with Crippen molar-refractivity contribution < 1.29 is 18.8 Å². The lowest BCUT2D eigenvalue weighted by atomic mass is 9.94. The van der Waals surface area contributed by atoms with Gasteiger partial charge >= 0.3 is 0 Å². The monoisotopic (exact) mass is 459 g/mol. The molecule has 176 valence electrons. The summed E-state index contributed by atoms with van der Waals surface area (Å²) >= 11 is 0. The number of amides is 3. The molecule has 4 rings (SSSR count). The van der Waals surface area contributed by atoms with Crippen molar-refractivity contribution in [1.82, 2.24) is 5.32 Å². The van der Waals surface area contributed by atoms with Crippen LogP contribution in [0.3, 0.4) is 0 Å². The van der Waals surface area contributed by atoms with Crippen molar-refractivity contribution in [1.29, 1.82) is 0 Å². The number of benzene rings is 2. The molecule has 0 aliphatic heterocycles. The summed E-state index contributed by atoms with van der Waals surface area (Å²) in [4.78, 5) is 40.3. The second-order valence-electron chi connectivity index (χ2n) is 8.54. The lowest BCUT2D eigenvalue weighted by molar-refractivity contribution is -0.123. The Kier molecular flexibility index (Phi) is 7.42. The third-order valence-electron chi connectivity index (χ3n) is 5.99. The molecule has 1 heterocycles. The van der Waals surface area contributed by atoms with Crippen molar-refractivity contribution in [3.8, 4) is 0 Å². The molecule has 1 aliphatic rings. The maximum Gasteiger partial charge on any atom is 0.294 e. The third kappa shape index (κ3) is 5.54. The Bertz CT molecular complexity index is 1100. The van der Waals surface area contributed by atoms with Crippen LogP contribution in [0.4, 0.5) is 11.4 Å². The van der Waals surface area contributed by atoms with Crippen LogP contribution in [0, 0.1) is 0 Å². The number of hydrogen-bond acceptors (Lipinski definition) is 4. The van der Waals surface area contributed by atoms with Gasteiger partial charge in [0, 0.05) is 24.3 Å². The predicted octanol–water partition coefficient (Wildman–Crippen LogP) is 5.08. The second kappa shape index (κ2) is 10.8. The Hall–Kier alpha value is -3.87. The number of carbonyl (C=O) groups is 3. The molecular formula is C27H29N3O4. The SMILES string of the molecule is CC(=O)Nc1ccc(N(C(=O)c2ccco2)[C@@H](C(=O)NC2CCCCC2)c2ccccc2)cc1. The van der Waals surface area contributed by atoms with E-state index in [1.54, 1.807) is 36.4 Å². The summed E-state index contributed by atoms with van der Waals surface area (Å²) < 4.78 is 5.41. The highest BCUT2D eigenvalue weighted by molar-refractivity contribution is 6.08. The topological polar surface area (TPSA) is 91.7 Å². The normalized spacial score (nSPS) is 14.7. The zero-order valence-electron chi connectivity index (χ0n) is 19.2. The molecule has 0 bridgehead atoms. The molecular weight excluding hydrogens is 430 g/mol. The maximum absolute atomic E-state index is 13.7. The second-order valence-corrected chi connectivity index (χ2v) is 8.54. The van der Waals surface area contributed by atoms with Gasteiger partial charge < -0.3 is 15.1 Å². The maximum atomic E-state index is 13.7. The van der Waals surface area contributed by atoms with Crippen LogP contribution < -0.4 is 15.5 Å². The van der Waals surface area contributed by atoms with Crippen LogP contribution >= 0.6 is 0 Å². The highest BCUT2D eigenvalue weighted by Crippen LogP contribution is 2.31. The molecule has 0 saturated heterocycles. The molecule has 1 aromatic heterocycles. The van der Waals surface area contributed by atoms with E-state index in [0.717, 1.165) is 25.7 Å². The van der Waals surface area contributed by atoms with Crippen molar-refractivity contribution in [2.45, 2.75) is 51.1 Å². The number of carbonyl (C=O) groups excluding carboxylic acids is 3. The highest BCUT2D eigenvalue weighted by Gasteiger charge is 2.35. The van der Waals surface area contributed by atoms with Crippen LogP contribution in [0.1, 0.15) is 61.2 Å². The summed E-state index contributed by atoms with van der Waals surface area (Å²) in [5.41, 5.74) is 1.81. The average molecular weight is 460 g/mol. The fourth-order valence-corrected chi connectivity index (χ4v) is 4.39. The molecule has 3 amide bonds. The molecule has 0 unspecified atom stereocenters. The van der Waals surface area contributed by atoms with E-state index in [1.807, 2.05) is 30.3 Å². The van der Waals surface area contributed by atoms with Crippen LogP contribution in [-0.2, 0) is 9.59 Å². The van der Waals surface area contributed by atoms with Crippen molar-refractivity contribution in [2.75, 3.05) is 10.2 Å². The van der Waals surface area contributed by atoms with E-state index < -0.39 is 11.9 Å². The van der Waals surface area contributed by atoms with Crippen LogP contribution in [0.2, 0.25) is 0 Å². The van der Waals surface area contributed by atoms with E-state index in [9.17, 15) is 14.4 Å². The fraction of sp³-hybridized carbons (Fsp3) is 0.296. The van der Waals surface area contributed by atoms with Crippen molar-refractivity contribution in [2.24, 2.45) is 0 Å². The Morgan fingerprint density at radius 2 is 1.62 bits per heavy atom. The van der Waals surface area contributed by atoms with Crippen LogP contribution in [0.15, 0.2) is 77.4 Å². The first-order valence-electron chi connectivity index (χ1n) is 11.6. The van der Waals surface area contributed by atoms with Gasteiger partial charge in [-0.3, -0.25) is 19.3 Å².